The summed E-state index contributed by atoms with van der Waals surface area (Å²) in [5.74, 6) is -0.307. The zero-order chi connectivity index (χ0) is 18.8. The van der Waals surface area contributed by atoms with E-state index in [1.165, 1.54) is 0 Å². The standard InChI is InChI=1S/C19H21N5OS/c1-5-24(11-12(2)10-20)19(25)14-9-15(16-7-6-8-26-16)21-18-17(14)13(3)22-23(18)4/h6-9,12H,5,11H2,1-4H3/t12-/m0/s1. The first-order valence-corrected chi connectivity index (χ1v) is 9.41. The van der Waals surface area contributed by atoms with E-state index in [0.717, 1.165) is 21.7 Å². The summed E-state index contributed by atoms with van der Waals surface area (Å²) in [5, 5.41) is 16.3. The van der Waals surface area contributed by atoms with Gasteiger partial charge in [0, 0.05) is 20.1 Å². The topological polar surface area (TPSA) is 74.8 Å². The predicted molar refractivity (Wildman–Crippen MR) is 103 cm³/mol. The third-order valence-corrected chi connectivity index (χ3v) is 5.25. The molecule has 0 bridgehead atoms. The summed E-state index contributed by atoms with van der Waals surface area (Å²) in [4.78, 5) is 20.7. The van der Waals surface area contributed by atoms with E-state index < -0.39 is 0 Å². The first-order valence-electron chi connectivity index (χ1n) is 8.53. The van der Waals surface area contributed by atoms with Gasteiger partial charge in [0.05, 0.1) is 39.2 Å². The third kappa shape index (κ3) is 3.20. The van der Waals surface area contributed by atoms with Gasteiger partial charge in [-0.15, -0.1) is 11.3 Å². The molecule has 1 amide bonds. The van der Waals surface area contributed by atoms with Crippen molar-refractivity contribution in [2.75, 3.05) is 13.1 Å². The third-order valence-electron chi connectivity index (χ3n) is 4.36. The van der Waals surface area contributed by atoms with E-state index in [1.54, 1.807) is 20.9 Å². The van der Waals surface area contributed by atoms with Crippen molar-refractivity contribution >= 4 is 28.3 Å². The van der Waals surface area contributed by atoms with Crippen molar-refractivity contribution in [1.29, 1.82) is 5.26 Å². The number of hydrogen-bond donors (Lipinski definition) is 0. The minimum absolute atomic E-state index is 0.0871. The van der Waals surface area contributed by atoms with E-state index in [4.69, 9.17) is 10.2 Å². The molecule has 3 rings (SSSR count). The van der Waals surface area contributed by atoms with Crippen LogP contribution in [0.4, 0.5) is 0 Å². The SMILES string of the molecule is CCN(C[C@@H](C)C#N)C(=O)c1cc(-c2cccs2)nc2c1c(C)nn2C. The lowest BCUT2D eigenvalue weighted by molar-refractivity contribution is 0.0754. The Labute approximate surface area is 156 Å². The van der Waals surface area contributed by atoms with Gasteiger partial charge in [-0.3, -0.25) is 9.48 Å². The molecular formula is C19H21N5OS. The molecule has 3 heterocycles. The Hall–Kier alpha value is -2.72. The van der Waals surface area contributed by atoms with Gasteiger partial charge in [-0.2, -0.15) is 10.4 Å². The number of aryl methyl sites for hydroxylation is 2. The smallest absolute Gasteiger partial charge is 0.254 e. The molecule has 0 unspecified atom stereocenters. The number of carbonyl (C=O) groups is 1. The van der Waals surface area contributed by atoms with Crippen LogP contribution in [-0.2, 0) is 7.05 Å². The van der Waals surface area contributed by atoms with Crippen LogP contribution in [0.15, 0.2) is 23.6 Å². The zero-order valence-electron chi connectivity index (χ0n) is 15.4. The van der Waals surface area contributed by atoms with E-state index in [-0.39, 0.29) is 11.8 Å². The molecule has 0 radical (unpaired) electrons. The summed E-state index contributed by atoms with van der Waals surface area (Å²) < 4.78 is 1.72. The molecule has 0 fully saturated rings. The van der Waals surface area contributed by atoms with Crippen LogP contribution in [0.25, 0.3) is 21.6 Å². The first-order chi connectivity index (χ1) is 12.5. The minimum atomic E-state index is -0.219. The van der Waals surface area contributed by atoms with Crippen molar-refractivity contribution in [1.82, 2.24) is 19.7 Å². The number of hydrogen-bond acceptors (Lipinski definition) is 5. The zero-order valence-corrected chi connectivity index (χ0v) is 16.2. The highest BCUT2D eigenvalue weighted by molar-refractivity contribution is 7.13. The number of nitrogens with zero attached hydrogens (tertiary/aromatic N) is 5. The lowest BCUT2D eigenvalue weighted by atomic mass is 10.1. The van der Waals surface area contributed by atoms with E-state index in [9.17, 15) is 4.79 Å². The van der Waals surface area contributed by atoms with Crippen LogP contribution in [0.5, 0.6) is 0 Å². The second kappa shape index (κ2) is 7.26. The molecule has 0 N–H and O–H groups in total. The summed E-state index contributed by atoms with van der Waals surface area (Å²) >= 11 is 1.59. The predicted octanol–water partition coefficient (Wildman–Crippen LogP) is 3.63. The van der Waals surface area contributed by atoms with Crippen LogP contribution in [0, 0.1) is 24.2 Å². The van der Waals surface area contributed by atoms with Crippen molar-refractivity contribution in [3.05, 3.63) is 34.8 Å². The highest BCUT2D eigenvalue weighted by Crippen LogP contribution is 2.30. The number of carbonyl (C=O) groups excluding carboxylic acids is 1. The van der Waals surface area contributed by atoms with Crippen LogP contribution in [0.1, 0.15) is 29.9 Å². The lowest BCUT2D eigenvalue weighted by Gasteiger charge is -2.22. The Morgan fingerprint density at radius 3 is 2.88 bits per heavy atom. The second-order valence-electron chi connectivity index (χ2n) is 6.31. The van der Waals surface area contributed by atoms with Gasteiger partial charge >= 0.3 is 0 Å². The highest BCUT2D eigenvalue weighted by Gasteiger charge is 2.23. The molecule has 1 atom stereocenters. The number of thiophene rings is 1. The fourth-order valence-electron chi connectivity index (χ4n) is 3.06. The Balaban J connectivity index is 2.17. The highest BCUT2D eigenvalue weighted by atomic mass is 32.1. The number of nitriles is 1. The van der Waals surface area contributed by atoms with E-state index in [2.05, 4.69) is 11.2 Å². The maximum Gasteiger partial charge on any atom is 0.254 e. The molecule has 0 saturated heterocycles. The molecule has 0 aliphatic rings. The molecule has 7 heteroatoms. The van der Waals surface area contributed by atoms with Crippen molar-refractivity contribution in [3.8, 4) is 16.6 Å². The Morgan fingerprint density at radius 2 is 2.27 bits per heavy atom. The van der Waals surface area contributed by atoms with Crippen LogP contribution in [0.3, 0.4) is 0 Å². The minimum Gasteiger partial charge on any atom is -0.338 e. The maximum absolute atomic E-state index is 13.3. The van der Waals surface area contributed by atoms with E-state index in [0.29, 0.717) is 24.3 Å². The summed E-state index contributed by atoms with van der Waals surface area (Å²) in [6.07, 6.45) is 0. The fourth-order valence-corrected chi connectivity index (χ4v) is 3.75. The summed E-state index contributed by atoms with van der Waals surface area (Å²) in [6.45, 7) is 6.59. The van der Waals surface area contributed by atoms with Gasteiger partial charge in [0.2, 0.25) is 0 Å². The van der Waals surface area contributed by atoms with Gasteiger partial charge in [0.15, 0.2) is 5.65 Å². The molecule has 0 aliphatic heterocycles. The van der Waals surface area contributed by atoms with Crippen molar-refractivity contribution in [3.63, 3.8) is 0 Å². The van der Waals surface area contributed by atoms with Crippen LogP contribution < -0.4 is 0 Å². The summed E-state index contributed by atoms with van der Waals surface area (Å²) in [5.41, 5.74) is 2.83. The van der Waals surface area contributed by atoms with Gasteiger partial charge in [0.25, 0.3) is 5.91 Å². The number of fused-ring (bicyclic) bond motifs is 1. The van der Waals surface area contributed by atoms with E-state index in [1.807, 2.05) is 51.4 Å². The summed E-state index contributed by atoms with van der Waals surface area (Å²) in [7, 11) is 1.84. The Bertz CT molecular complexity index is 984. The van der Waals surface area contributed by atoms with Gasteiger partial charge in [-0.05, 0) is 38.3 Å². The largest absolute Gasteiger partial charge is 0.338 e. The van der Waals surface area contributed by atoms with Gasteiger partial charge < -0.3 is 4.90 Å². The van der Waals surface area contributed by atoms with Crippen molar-refractivity contribution in [2.45, 2.75) is 20.8 Å². The molecule has 134 valence electrons. The molecule has 26 heavy (non-hydrogen) atoms. The Kier molecular flexibility index (Phi) is 5.05. The number of aromatic nitrogens is 3. The lowest BCUT2D eigenvalue weighted by Crippen LogP contribution is -2.34. The van der Waals surface area contributed by atoms with Crippen molar-refractivity contribution < 1.29 is 4.79 Å². The van der Waals surface area contributed by atoms with E-state index >= 15 is 0 Å². The maximum atomic E-state index is 13.3. The molecule has 0 spiro atoms. The average molecular weight is 367 g/mol. The van der Waals surface area contributed by atoms with Gasteiger partial charge in [0.1, 0.15) is 0 Å². The average Bonchev–Trinajstić information content (AvgIpc) is 3.27. The van der Waals surface area contributed by atoms with Crippen LogP contribution in [0.2, 0.25) is 0 Å². The number of pyridine rings is 1. The van der Waals surface area contributed by atoms with Gasteiger partial charge in [-0.25, -0.2) is 4.98 Å². The Morgan fingerprint density at radius 1 is 1.50 bits per heavy atom. The monoisotopic (exact) mass is 367 g/mol. The van der Waals surface area contributed by atoms with Crippen LogP contribution >= 0.6 is 11.3 Å². The molecule has 3 aromatic rings. The second-order valence-corrected chi connectivity index (χ2v) is 7.26. The van der Waals surface area contributed by atoms with Crippen molar-refractivity contribution in [2.24, 2.45) is 13.0 Å². The quantitative estimate of drug-likeness (QED) is 0.690. The molecule has 3 aromatic heterocycles. The summed E-state index contributed by atoms with van der Waals surface area (Å²) in [6, 6.07) is 8.01. The molecular weight excluding hydrogens is 346 g/mol. The molecule has 0 aromatic carbocycles. The molecule has 0 aliphatic carbocycles. The first kappa shape index (κ1) is 18.1. The molecule has 0 saturated carbocycles. The number of amides is 1. The fraction of sp³-hybridized carbons (Fsp3) is 0.368. The number of rotatable bonds is 5. The van der Waals surface area contributed by atoms with Gasteiger partial charge in [-0.1, -0.05) is 6.07 Å². The normalized spacial score (nSPS) is 12.1. The van der Waals surface area contributed by atoms with Crippen LogP contribution in [-0.4, -0.2) is 38.7 Å². The molecule has 6 nitrogen and oxygen atoms in total.